The number of amidine groups is 1. The van der Waals surface area contributed by atoms with Gasteiger partial charge in [0.25, 0.3) is 0 Å². The lowest BCUT2D eigenvalue weighted by atomic mass is 10.1. The molecule has 122 valence electrons. The lowest BCUT2D eigenvalue weighted by molar-refractivity contribution is 0.186. The van der Waals surface area contributed by atoms with Gasteiger partial charge in [-0.05, 0) is 30.3 Å². The second kappa shape index (κ2) is 6.13. The minimum absolute atomic E-state index is 0.570. The number of halogens is 1. The van der Waals surface area contributed by atoms with Crippen LogP contribution in [0.25, 0.3) is 0 Å². The van der Waals surface area contributed by atoms with E-state index in [0.717, 1.165) is 22.8 Å². The maximum Gasteiger partial charge on any atom is 0.153 e. The van der Waals surface area contributed by atoms with Gasteiger partial charge in [0.15, 0.2) is 5.75 Å². The molecule has 0 N–H and O–H groups in total. The average Bonchev–Trinajstić information content (AvgIpc) is 2.78. The number of aliphatic imine (C=N–C) groups is 1. The number of ether oxygens (including phenoxy) is 1. The number of benzene rings is 2. The van der Waals surface area contributed by atoms with Gasteiger partial charge in [-0.3, -0.25) is 5.01 Å². The second-order valence-electron chi connectivity index (χ2n) is 5.67. The monoisotopic (exact) mass is 342 g/mol. The minimum Gasteiger partial charge on any atom is -0.454 e. The Labute approximate surface area is 144 Å². The first-order valence-corrected chi connectivity index (χ1v) is 8.11. The van der Waals surface area contributed by atoms with Crippen LogP contribution in [0.2, 0.25) is 5.02 Å². The van der Waals surface area contributed by atoms with E-state index in [-0.39, 0.29) is 0 Å². The topological polar surface area (TPSA) is 57.5 Å². The van der Waals surface area contributed by atoms with Crippen molar-refractivity contribution in [3.05, 3.63) is 58.0 Å². The first-order chi connectivity index (χ1) is 11.7. The fraction of sp³-hybridized carbons (Fsp3) is 0.235. The maximum atomic E-state index is 10.7. The molecule has 0 aromatic heterocycles. The summed E-state index contributed by atoms with van der Waals surface area (Å²) in [6.45, 7) is 2.47. The van der Waals surface area contributed by atoms with Crippen LogP contribution in [-0.4, -0.2) is 41.9 Å². The van der Waals surface area contributed by atoms with Gasteiger partial charge < -0.3 is 9.64 Å². The zero-order chi connectivity index (χ0) is 16.5. The Hall–Kier alpha value is -2.60. The van der Waals surface area contributed by atoms with E-state index >= 15 is 0 Å². The van der Waals surface area contributed by atoms with Crippen LogP contribution in [0.1, 0.15) is 5.56 Å². The van der Waals surface area contributed by atoms with Crippen LogP contribution in [-0.2, 0) is 0 Å². The van der Waals surface area contributed by atoms with E-state index in [1.165, 1.54) is 5.01 Å². The van der Waals surface area contributed by atoms with Crippen LogP contribution in [0.4, 0.5) is 5.69 Å². The van der Waals surface area contributed by atoms with Crippen LogP contribution in [0.15, 0.2) is 52.7 Å². The van der Waals surface area contributed by atoms with E-state index in [2.05, 4.69) is 10.2 Å². The first-order valence-electron chi connectivity index (χ1n) is 7.73. The molecule has 0 unspecified atom stereocenters. The molecule has 4 rings (SSSR count). The number of fused-ring (bicyclic) bond motifs is 2. The highest BCUT2D eigenvalue weighted by atomic mass is 35.5. The minimum atomic E-state index is 0.570. The Morgan fingerprint density at radius 3 is 2.62 bits per heavy atom. The van der Waals surface area contributed by atoms with Gasteiger partial charge >= 0.3 is 0 Å². The Morgan fingerprint density at radius 2 is 1.83 bits per heavy atom. The molecule has 0 radical (unpaired) electrons. The van der Waals surface area contributed by atoms with Gasteiger partial charge in [-0.2, -0.15) is 0 Å². The predicted octanol–water partition coefficient (Wildman–Crippen LogP) is 3.82. The van der Waals surface area contributed by atoms with Crippen molar-refractivity contribution in [2.45, 2.75) is 0 Å². The molecule has 2 aromatic carbocycles. The summed E-state index contributed by atoms with van der Waals surface area (Å²) < 4.78 is 6.04. The predicted molar refractivity (Wildman–Crippen MR) is 93.1 cm³/mol. The highest BCUT2D eigenvalue weighted by molar-refractivity contribution is 6.31. The van der Waals surface area contributed by atoms with Gasteiger partial charge in [-0.1, -0.05) is 23.7 Å². The quantitative estimate of drug-likeness (QED) is 0.739. The molecular formula is C17H15ClN4O2. The number of nitroso groups, excluding NO2 is 1. The first kappa shape index (κ1) is 15.0. The van der Waals surface area contributed by atoms with Gasteiger partial charge in [0.05, 0.1) is 23.9 Å². The van der Waals surface area contributed by atoms with Crippen LogP contribution < -0.4 is 4.74 Å². The highest BCUT2D eigenvalue weighted by Gasteiger charge is 2.26. The summed E-state index contributed by atoms with van der Waals surface area (Å²) in [6.07, 6.45) is 0. The average molecular weight is 343 g/mol. The van der Waals surface area contributed by atoms with Crippen molar-refractivity contribution in [2.75, 3.05) is 26.2 Å². The summed E-state index contributed by atoms with van der Waals surface area (Å²) in [4.78, 5) is 17.7. The van der Waals surface area contributed by atoms with E-state index in [4.69, 9.17) is 21.3 Å². The van der Waals surface area contributed by atoms with E-state index in [9.17, 15) is 4.91 Å². The lowest BCUT2D eigenvalue weighted by Gasteiger charge is -2.33. The molecular weight excluding hydrogens is 328 g/mol. The third kappa shape index (κ3) is 2.69. The highest BCUT2D eigenvalue weighted by Crippen LogP contribution is 2.38. The molecule has 2 aliphatic rings. The molecule has 0 bridgehead atoms. The third-order valence-corrected chi connectivity index (χ3v) is 4.40. The Balaban J connectivity index is 1.79. The van der Waals surface area contributed by atoms with Gasteiger partial charge in [-0.15, -0.1) is 4.91 Å². The summed E-state index contributed by atoms with van der Waals surface area (Å²) in [5.41, 5.74) is 1.63. The number of piperazine rings is 1. The van der Waals surface area contributed by atoms with Gasteiger partial charge in [0, 0.05) is 18.1 Å². The number of nitrogens with zero attached hydrogens (tertiary/aromatic N) is 4. The number of para-hydroxylation sites is 2. The van der Waals surface area contributed by atoms with Gasteiger partial charge in [0.2, 0.25) is 0 Å². The second-order valence-corrected chi connectivity index (χ2v) is 6.10. The van der Waals surface area contributed by atoms with Gasteiger partial charge in [0.1, 0.15) is 17.3 Å². The molecule has 0 saturated carbocycles. The SMILES string of the molecule is O=NN1CCN(C2=Nc3ccccc3Oc3ccc(Cl)cc32)CC1. The molecule has 0 amide bonds. The zero-order valence-corrected chi connectivity index (χ0v) is 13.6. The normalized spacial score (nSPS) is 16.5. The summed E-state index contributed by atoms with van der Waals surface area (Å²) in [5, 5.41) is 5.16. The van der Waals surface area contributed by atoms with Crippen LogP contribution in [0, 0.1) is 4.91 Å². The summed E-state index contributed by atoms with van der Waals surface area (Å²) in [7, 11) is 0. The smallest absolute Gasteiger partial charge is 0.153 e. The van der Waals surface area contributed by atoms with Crippen LogP contribution in [0.5, 0.6) is 11.5 Å². The molecule has 2 aromatic rings. The fourth-order valence-corrected chi connectivity index (χ4v) is 3.10. The van der Waals surface area contributed by atoms with Gasteiger partial charge in [-0.25, -0.2) is 4.99 Å². The van der Waals surface area contributed by atoms with Crippen molar-refractivity contribution in [3.8, 4) is 11.5 Å². The standard InChI is InChI=1S/C17H15ClN4O2/c18-12-5-6-15-13(11-12)17(21-7-9-22(20-23)10-8-21)19-14-3-1-2-4-16(14)24-15/h1-6,11H,7-10H2. The van der Waals surface area contributed by atoms with E-state index in [0.29, 0.717) is 37.0 Å². The Morgan fingerprint density at radius 1 is 1.04 bits per heavy atom. The molecule has 1 saturated heterocycles. The molecule has 6 nitrogen and oxygen atoms in total. The molecule has 0 aliphatic carbocycles. The van der Waals surface area contributed by atoms with Crippen molar-refractivity contribution in [2.24, 2.45) is 10.3 Å². The summed E-state index contributed by atoms with van der Waals surface area (Å²) in [5.74, 6) is 2.24. The number of hydrogen-bond donors (Lipinski definition) is 0. The molecule has 2 aliphatic heterocycles. The van der Waals surface area contributed by atoms with E-state index < -0.39 is 0 Å². The molecule has 2 heterocycles. The molecule has 7 heteroatoms. The molecule has 1 fully saturated rings. The number of hydrogen-bond acceptors (Lipinski definition) is 5. The molecule has 0 spiro atoms. The fourth-order valence-electron chi connectivity index (χ4n) is 2.92. The van der Waals surface area contributed by atoms with Crippen molar-refractivity contribution >= 4 is 23.1 Å². The summed E-state index contributed by atoms with van der Waals surface area (Å²) in [6, 6.07) is 13.2. The largest absolute Gasteiger partial charge is 0.454 e. The maximum absolute atomic E-state index is 10.7. The molecule has 0 atom stereocenters. The molecule has 24 heavy (non-hydrogen) atoms. The zero-order valence-electron chi connectivity index (χ0n) is 12.9. The third-order valence-electron chi connectivity index (χ3n) is 4.17. The van der Waals surface area contributed by atoms with Crippen LogP contribution in [0.3, 0.4) is 0 Å². The van der Waals surface area contributed by atoms with E-state index in [1.807, 2.05) is 36.4 Å². The summed E-state index contributed by atoms with van der Waals surface area (Å²) >= 11 is 6.20. The van der Waals surface area contributed by atoms with Crippen LogP contribution >= 0.6 is 11.6 Å². The Bertz CT molecular complexity index is 816. The van der Waals surface area contributed by atoms with E-state index in [1.54, 1.807) is 6.07 Å². The number of rotatable bonds is 1. The van der Waals surface area contributed by atoms with Crippen molar-refractivity contribution in [1.29, 1.82) is 0 Å². The Kier molecular flexibility index (Phi) is 3.82. The lowest BCUT2D eigenvalue weighted by Crippen LogP contribution is -2.46. The van der Waals surface area contributed by atoms with Crippen molar-refractivity contribution < 1.29 is 4.74 Å². The van der Waals surface area contributed by atoms with Crippen molar-refractivity contribution in [1.82, 2.24) is 9.91 Å². The van der Waals surface area contributed by atoms with Crippen molar-refractivity contribution in [3.63, 3.8) is 0 Å².